The number of nitrogens with zero attached hydrogens (tertiary/aromatic N) is 4. The smallest absolute Gasteiger partial charge is 0.257 e. The number of hydrogen-bond donors (Lipinski definition) is 1. The van der Waals surface area contributed by atoms with Gasteiger partial charge in [0.2, 0.25) is 0 Å². The average molecular weight is 393 g/mol. The summed E-state index contributed by atoms with van der Waals surface area (Å²) >= 11 is 9.44. The topological polar surface area (TPSA) is 72.7 Å². The highest BCUT2D eigenvalue weighted by Crippen LogP contribution is 2.25. The molecule has 1 amide bonds. The Morgan fingerprint density at radius 1 is 1.30 bits per heavy atom. The lowest BCUT2D eigenvalue weighted by atomic mass is 10.1. The first kappa shape index (κ1) is 15.6. The van der Waals surface area contributed by atoms with Crippen molar-refractivity contribution in [2.45, 2.75) is 6.92 Å². The van der Waals surface area contributed by atoms with Gasteiger partial charge in [-0.3, -0.25) is 4.79 Å². The molecule has 0 bridgehead atoms. The highest BCUT2D eigenvalue weighted by molar-refractivity contribution is 9.10. The fourth-order valence-electron chi connectivity index (χ4n) is 2.14. The molecule has 1 N–H and O–H groups in total. The van der Waals surface area contributed by atoms with Crippen LogP contribution in [0.1, 0.15) is 15.9 Å². The number of aromatic nitrogens is 4. The van der Waals surface area contributed by atoms with Crippen LogP contribution >= 0.6 is 27.5 Å². The van der Waals surface area contributed by atoms with E-state index in [-0.39, 0.29) is 5.91 Å². The van der Waals surface area contributed by atoms with E-state index in [0.29, 0.717) is 16.3 Å². The van der Waals surface area contributed by atoms with Crippen molar-refractivity contribution in [3.63, 3.8) is 0 Å². The second-order valence-corrected chi connectivity index (χ2v) is 6.11. The summed E-state index contributed by atoms with van der Waals surface area (Å²) in [6.07, 6.45) is 1.50. The quantitative estimate of drug-likeness (QED) is 0.738. The van der Waals surface area contributed by atoms with Gasteiger partial charge in [0, 0.05) is 10.2 Å². The van der Waals surface area contributed by atoms with Gasteiger partial charge in [0.25, 0.3) is 5.91 Å². The van der Waals surface area contributed by atoms with Gasteiger partial charge in [-0.2, -0.15) is 0 Å². The molecule has 116 valence electrons. The van der Waals surface area contributed by atoms with Gasteiger partial charge in [0.15, 0.2) is 0 Å². The van der Waals surface area contributed by atoms with Crippen LogP contribution in [0.15, 0.2) is 47.2 Å². The zero-order valence-electron chi connectivity index (χ0n) is 12.0. The van der Waals surface area contributed by atoms with Crippen LogP contribution in [-0.2, 0) is 0 Å². The third-order valence-electron chi connectivity index (χ3n) is 3.32. The van der Waals surface area contributed by atoms with Crippen molar-refractivity contribution in [2.24, 2.45) is 0 Å². The largest absolute Gasteiger partial charge is 0.322 e. The summed E-state index contributed by atoms with van der Waals surface area (Å²) in [6, 6.07) is 10.6. The Balaban J connectivity index is 1.93. The Morgan fingerprint density at radius 3 is 2.87 bits per heavy atom. The summed E-state index contributed by atoms with van der Waals surface area (Å²) in [5.41, 5.74) is 2.69. The summed E-state index contributed by atoms with van der Waals surface area (Å²) in [6.45, 7) is 1.88. The lowest BCUT2D eigenvalue weighted by Gasteiger charge is -2.12. The van der Waals surface area contributed by atoms with E-state index in [0.717, 1.165) is 15.7 Å². The number of carbonyl (C=O) groups excluding carboxylic acids is 1. The fourth-order valence-corrected chi connectivity index (χ4v) is 2.70. The second-order valence-electron chi connectivity index (χ2n) is 4.78. The molecule has 8 heteroatoms. The van der Waals surface area contributed by atoms with E-state index in [9.17, 15) is 4.79 Å². The second kappa shape index (κ2) is 6.47. The van der Waals surface area contributed by atoms with E-state index in [1.165, 1.54) is 11.0 Å². The lowest BCUT2D eigenvalue weighted by molar-refractivity contribution is 0.102. The molecular weight excluding hydrogens is 382 g/mol. The number of tetrazole rings is 1. The molecule has 0 aliphatic rings. The molecule has 3 aromatic rings. The van der Waals surface area contributed by atoms with E-state index in [4.69, 9.17) is 11.6 Å². The van der Waals surface area contributed by atoms with Crippen molar-refractivity contribution in [3.8, 4) is 5.69 Å². The molecule has 1 aromatic heterocycles. The Labute approximate surface area is 145 Å². The number of halogens is 2. The number of rotatable bonds is 3. The van der Waals surface area contributed by atoms with Crippen LogP contribution in [0, 0.1) is 6.92 Å². The van der Waals surface area contributed by atoms with Crippen LogP contribution < -0.4 is 5.32 Å². The zero-order valence-corrected chi connectivity index (χ0v) is 14.3. The Bertz CT molecular complexity index is 866. The SMILES string of the molecule is Cc1c(NC(=O)c2cc(Br)ccc2Cl)cccc1-n1cnnn1. The molecule has 0 aliphatic carbocycles. The highest BCUT2D eigenvalue weighted by atomic mass is 79.9. The van der Waals surface area contributed by atoms with Gasteiger partial charge in [-0.25, -0.2) is 4.68 Å². The molecule has 0 saturated carbocycles. The predicted molar refractivity (Wildman–Crippen MR) is 91.0 cm³/mol. The predicted octanol–water partition coefficient (Wildman–Crippen LogP) is 3.64. The van der Waals surface area contributed by atoms with Gasteiger partial charge in [-0.15, -0.1) is 5.10 Å². The minimum Gasteiger partial charge on any atom is -0.322 e. The van der Waals surface area contributed by atoms with Gasteiger partial charge in [0.1, 0.15) is 6.33 Å². The molecule has 0 radical (unpaired) electrons. The van der Waals surface area contributed by atoms with Crippen molar-refractivity contribution in [1.29, 1.82) is 0 Å². The van der Waals surface area contributed by atoms with E-state index >= 15 is 0 Å². The number of carbonyl (C=O) groups is 1. The van der Waals surface area contributed by atoms with Crippen LogP contribution in [0.25, 0.3) is 5.69 Å². The standard InChI is InChI=1S/C15H11BrClN5O/c1-9-13(3-2-4-14(9)22-8-18-20-21-22)19-15(23)11-7-10(16)5-6-12(11)17/h2-8H,1H3,(H,19,23). The normalized spacial score (nSPS) is 10.6. The number of hydrogen-bond acceptors (Lipinski definition) is 4. The first-order valence-electron chi connectivity index (χ1n) is 6.65. The molecule has 0 saturated heterocycles. The Morgan fingerprint density at radius 2 is 2.13 bits per heavy atom. The summed E-state index contributed by atoms with van der Waals surface area (Å²) in [7, 11) is 0. The van der Waals surface area contributed by atoms with E-state index in [2.05, 4.69) is 36.8 Å². The fraction of sp³-hybridized carbons (Fsp3) is 0.0667. The Hall–Kier alpha value is -2.25. The third kappa shape index (κ3) is 3.25. The van der Waals surface area contributed by atoms with Crippen molar-refractivity contribution >= 4 is 39.1 Å². The van der Waals surface area contributed by atoms with Crippen molar-refractivity contribution in [2.75, 3.05) is 5.32 Å². The van der Waals surface area contributed by atoms with Gasteiger partial charge in [-0.1, -0.05) is 33.6 Å². The highest BCUT2D eigenvalue weighted by Gasteiger charge is 2.14. The van der Waals surface area contributed by atoms with Gasteiger partial charge >= 0.3 is 0 Å². The average Bonchev–Trinajstić information content (AvgIpc) is 3.06. The number of benzene rings is 2. The maximum atomic E-state index is 12.5. The molecule has 6 nitrogen and oxygen atoms in total. The number of anilines is 1. The van der Waals surface area contributed by atoms with Gasteiger partial charge in [0.05, 0.1) is 16.3 Å². The lowest BCUT2D eigenvalue weighted by Crippen LogP contribution is -2.14. The summed E-state index contributed by atoms with van der Waals surface area (Å²) in [4.78, 5) is 12.5. The first-order chi connectivity index (χ1) is 11.1. The zero-order chi connectivity index (χ0) is 16.4. The monoisotopic (exact) mass is 391 g/mol. The van der Waals surface area contributed by atoms with Crippen LogP contribution in [-0.4, -0.2) is 26.1 Å². The molecule has 0 spiro atoms. The first-order valence-corrected chi connectivity index (χ1v) is 7.83. The Kier molecular flexibility index (Phi) is 4.40. The van der Waals surface area contributed by atoms with Crippen LogP contribution in [0.3, 0.4) is 0 Å². The molecule has 0 unspecified atom stereocenters. The maximum absolute atomic E-state index is 12.5. The summed E-state index contributed by atoms with van der Waals surface area (Å²) < 4.78 is 2.32. The van der Waals surface area contributed by atoms with Gasteiger partial charge in [-0.05, 0) is 53.2 Å². The van der Waals surface area contributed by atoms with Gasteiger partial charge < -0.3 is 5.32 Å². The van der Waals surface area contributed by atoms with Crippen molar-refractivity contribution in [1.82, 2.24) is 20.2 Å². The summed E-state index contributed by atoms with van der Waals surface area (Å²) in [5.74, 6) is -0.284. The van der Waals surface area contributed by atoms with E-state index in [1.807, 2.05) is 25.1 Å². The van der Waals surface area contributed by atoms with Crippen molar-refractivity contribution < 1.29 is 4.79 Å². The van der Waals surface area contributed by atoms with Crippen LogP contribution in [0.5, 0.6) is 0 Å². The summed E-state index contributed by atoms with van der Waals surface area (Å²) in [5, 5.41) is 14.4. The molecular formula is C15H11BrClN5O. The molecule has 0 atom stereocenters. The van der Waals surface area contributed by atoms with Crippen LogP contribution in [0.4, 0.5) is 5.69 Å². The van der Waals surface area contributed by atoms with Crippen LogP contribution in [0.2, 0.25) is 5.02 Å². The molecule has 1 heterocycles. The molecule has 0 fully saturated rings. The molecule has 0 aliphatic heterocycles. The molecule has 3 rings (SSSR count). The molecule has 2 aromatic carbocycles. The number of nitrogens with one attached hydrogen (secondary N) is 1. The van der Waals surface area contributed by atoms with Crippen molar-refractivity contribution in [3.05, 3.63) is 63.3 Å². The minimum absolute atomic E-state index is 0.284. The van der Waals surface area contributed by atoms with E-state index < -0.39 is 0 Å². The number of amides is 1. The third-order valence-corrected chi connectivity index (χ3v) is 4.15. The minimum atomic E-state index is -0.284. The van der Waals surface area contributed by atoms with E-state index in [1.54, 1.807) is 18.2 Å². The molecule has 23 heavy (non-hydrogen) atoms. The maximum Gasteiger partial charge on any atom is 0.257 e.